The smallest absolute Gasteiger partial charge is 0.198 e. The van der Waals surface area contributed by atoms with Gasteiger partial charge in [0.25, 0.3) is 0 Å². The minimum Gasteiger partial charge on any atom is -0.496 e. The fourth-order valence-electron chi connectivity index (χ4n) is 4.89. The maximum atomic E-state index is 14.3. The van der Waals surface area contributed by atoms with Crippen molar-refractivity contribution in [2.75, 3.05) is 7.11 Å². The van der Waals surface area contributed by atoms with Gasteiger partial charge in [-0.05, 0) is 58.7 Å². The molecule has 0 aromatic heterocycles. The maximum absolute atomic E-state index is 14.3. The Bertz CT molecular complexity index is 1700. The lowest BCUT2D eigenvalue weighted by Gasteiger charge is -2.18. The average Bonchev–Trinajstić information content (AvgIpc) is 2.91. The van der Waals surface area contributed by atoms with Crippen molar-refractivity contribution >= 4 is 46.9 Å². The van der Waals surface area contributed by atoms with Gasteiger partial charge in [0.1, 0.15) is 5.75 Å². The predicted octanol–water partition coefficient (Wildman–Crippen LogP) is 7.00. The lowest BCUT2D eigenvalue weighted by molar-refractivity contribution is 0.100. The fraction of sp³-hybridized carbons (Fsp3) is 0.0968. The van der Waals surface area contributed by atoms with Crippen molar-refractivity contribution in [1.29, 1.82) is 0 Å². The van der Waals surface area contributed by atoms with Gasteiger partial charge < -0.3 is 4.74 Å². The number of ketones is 2. The van der Waals surface area contributed by atoms with E-state index in [-0.39, 0.29) is 42.2 Å². The molecule has 0 aliphatic heterocycles. The number of rotatable bonds is 6. The molecular weight excluding hydrogens is 467 g/mol. The highest BCUT2D eigenvalue weighted by molar-refractivity contribution is 7.34. The van der Waals surface area contributed by atoms with Crippen LogP contribution in [0.4, 0.5) is 0 Å². The van der Waals surface area contributed by atoms with Gasteiger partial charge in [0.15, 0.2) is 20.0 Å². The van der Waals surface area contributed by atoms with Crippen LogP contribution in [-0.2, 0) is 4.57 Å². The number of hydrogen-bond donors (Lipinski definition) is 0. The number of fused-ring (bicyclic) bond motifs is 2. The predicted molar refractivity (Wildman–Crippen MR) is 144 cm³/mol. The highest BCUT2D eigenvalue weighted by Gasteiger charge is 2.30. The van der Waals surface area contributed by atoms with Gasteiger partial charge in [-0.15, -0.1) is 0 Å². The highest BCUT2D eigenvalue weighted by Crippen LogP contribution is 2.34. The summed E-state index contributed by atoms with van der Waals surface area (Å²) in [5.74, 6) is -0.434. The zero-order valence-corrected chi connectivity index (χ0v) is 21.1. The number of carbonyl (C=O) groups excluding carboxylic acids is 2. The van der Waals surface area contributed by atoms with Crippen LogP contribution in [0.2, 0.25) is 0 Å². The quantitative estimate of drug-likeness (QED) is 0.190. The number of benzene rings is 5. The Labute approximate surface area is 210 Å². The molecule has 36 heavy (non-hydrogen) atoms. The van der Waals surface area contributed by atoms with Crippen molar-refractivity contribution in [2.45, 2.75) is 13.8 Å². The molecule has 0 bridgehead atoms. The molecule has 0 spiro atoms. The molecule has 176 valence electrons. The molecule has 0 radical (unpaired) electrons. The lowest BCUT2D eigenvalue weighted by atomic mass is 9.86. The van der Waals surface area contributed by atoms with Gasteiger partial charge in [0.05, 0.1) is 23.5 Å². The lowest BCUT2D eigenvalue weighted by Crippen LogP contribution is -2.21. The van der Waals surface area contributed by atoms with Crippen molar-refractivity contribution in [3.63, 3.8) is 0 Å². The Balaban J connectivity index is 1.84. The monoisotopic (exact) mass is 490 g/mol. The normalized spacial score (nSPS) is 11.2. The highest BCUT2D eigenvalue weighted by atomic mass is 31.1. The molecule has 0 aliphatic carbocycles. The summed E-state index contributed by atoms with van der Waals surface area (Å²) in [7, 11) is 1.11. The second-order valence-corrected chi connectivity index (χ2v) is 9.41. The first kappa shape index (κ1) is 23.6. The Kier molecular flexibility index (Phi) is 6.22. The van der Waals surface area contributed by atoms with Crippen LogP contribution < -0.4 is 10.0 Å². The molecule has 4 nitrogen and oxygen atoms in total. The average molecular weight is 490 g/mol. The topological polar surface area (TPSA) is 60.4 Å². The van der Waals surface area contributed by atoms with E-state index in [9.17, 15) is 14.2 Å². The minimum absolute atomic E-state index is 0.0998. The Morgan fingerprint density at radius 2 is 1.11 bits per heavy atom. The van der Waals surface area contributed by atoms with Gasteiger partial charge in [-0.1, -0.05) is 72.8 Å². The molecule has 0 N–H and O–H groups in total. The molecule has 0 atom stereocenters. The van der Waals surface area contributed by atoms with E-state index in [4.69, 9.17) is 4.74 Å². The maximum Gasteiger partial charge on any atom is 0.198 e. The third-order valence-corrected chi connectivity index (χ3v) is 7.22. The van der Waals surface area contributed by atoms with Crippen molar-refractivity contribution in [3.05, 3.63) is 118 Å². The van der Waals surface area contributed by atoms with Gasteiger partial charge in [0.2, 0.25) is 0 Å². The Hall–Kier alpha value is -4.14. The summed E-state index contributed by atoms with van der Waals surface area (Å²) in [6.07, 6.45) is 0. The number of methoxy groups -OCH3 is 1. The number of ether oxygens (including phenoxy) is 1. The van der Waals surface area contributed by atoms with Crippen LogP contribution in [0.3, 0.4) is 0 Å². The van der Waals surface area contributed by atoms with Crippen LogP contribution >= 0.6 is 8.46 Å². The van der Waals surface area contributed by atoms with Crippen LogP contribution in [0.25, 0.3) is 21.5 Å². The molecule has 5 aromatic rings. The molecule has 0 saturated carbocycles. The van der Waals surface area contributed by atoms with Gasteiger partial charge in [-0.25, -0.2) is 0 Å². The van der Waals surface area contributed by atoms with E-state index in [0.717, 1.165) is 32.7 Å². The first-order chi connectivity index (χ1) is 17.5. The van der Waals surface area contributed by atoms with E-state index in [1.165, 1.54) is 7.11 Å². The summed E-state index contributed by atoms with van der Waals surface area (Å²) in [6, 6.07) is 26.2. The van der Waals surface area contributed by atoms with E-state index >= 15 is 0 Å². The molecule has 5 rings (SSSR count). The molecule has 0 aliphatic rings. The summed E-state index contributed by atoms with van der Waals surface area (Å²) in [6.45, 7) is 3.74. The molecule has 0 amide bonds. The molecule has 5 aromatic carbocycles. The number of hydrogen-bond acceptors (Lipinski definition) is 4. The van der Waals surface area contributed by atoms with E-state index in [1.54, 1.807) is 12.1 Å². The number of carbonyl (C=O) groups is 2. The van der Waals surface area contributed by atoms with E-state index in [0.29, 0.717) is 11.1 Å². The summed E-state index contributed by atoms with van der Waals surface area (Å²) in [5.41, 5.74) is 2.75. The van der Waals surface area contributed by atoms with Crippen LogP contribution in [-0.4, -0.2) is 18.7 Å². The minimum atomic E-state index is -0.359. The Morgan fingerprint density at radius 1 is 0.611 bits per heavy atom. The second-order valence-electron chi connectivity index (χ2n) is 8.74. The zero-order valence-electron chi connectivity index (χ0n) is 20.2. The number of aryl methyl sites for hydroxylation is 2. The largest absolute Gasteiger partial charge is 0.496 e. The first-order valence-corrected chi connectivity index (χ1v) is 12.4. The fourth-order valence-corrected chi connectivity index (χ4v) is 5.33. The standard InChI is InChI=1S/C31H23O4P/c1-18-12-14-20-8-4-6-10-22(20)26(18)30(32)28-24(35-3)16-17-25(36-34)29(28)31(33)27-19(2)13-15-21-9-5-7-11-23(21)27/h4-17H,1-3H3. The van der Waals surface area contributed by atoms with E-state index in [1.807, 2.05) is 86.6 Å². The molecule has 5 heteroatoms. The van der Waals surface area contributed by atoms with Gasteiger partial charge in [-0.2, -0.15) is 0 Å². The summed E-state index contributed by atoms with van der Waals surface area (Å²) in [5, 5.41) is 3.64. The van der Waals surface area contributed by atoms with Gasteiger partial charge >= 0.3 is 0 Å². The third-order valence-electron chi connectivity index (χ3n) is 6.65. The first-order valence-electron chi connectivity index (χ1n) is 11.6. The molecule has 0 saturated heterocycles. The van der Waals surface area contributed by atoms with Crippen molar-refractivity contribution in [3.8, 4) is 5.75 Å². The summed E-state index contributed by atoms with van der Waals surface area (Å²) >= 11 is 0. The molecule has 0 unspecified atom stereocenters. The van der Waals surface area contributed by atoms with Crippen LogP contribution in [0.15, 0.2) is 84.9 Å². The van der Waals surface area contributed by atoms with Gasteiger partial charge in [0, 0.05) is 11.1 Å². The Morgan fingerprint density at radius 3 is 1.61 bits per heavy atom. The van der Waals surface area contributed by atoms with Crippen LogP contribution in [0.1, 0.15) is 43.0 Å². The summed E-state index contributed by atoms with van der Waals surface area (Å²) in [4.78, 5) is 28.6. The molecular formula is C31H23O4P. The molecule has 0 heterocycles. The van der Waals surface area contributed by atoms with Crippen molar-refractivity contribution in [1.82, 2.24) is 0 Å². The van der Waals surface area contributed by atoms with E-state index < -0.39 is 0 Å². The SMILES string of the molecule is COc1ccc(P=O)c(C(=O)c2c(C)ccc3ccccc23)c1C(=O)c1c(C)ccc2ccccc12. The van der Waals surface area contributed by atoms with Crippen molar-refractivity contribution < 1.29 is 18.9 Å². The third kappa shape index (κ3) is 3.80. The van der Waals surface area contributed by atoms with Crippen molar-refractivity contribution in [2.24, 2.45) is 0 Å². The molecule has 0 fully saturated rings. The van der Waals surface area contributed by atoms with Crippen LogP contribution in [0, 0.1) is 13.8 Å². The summed E-state index contributed by atoms with van der Waals surface area (Å²) < 4.78 is 17.9. The van der Waals surface area contributed by atoms with E-state index in [2.05, 4.69) is 0 Å². The second kappa shape index (κ2) is 9.49. The van der Waals surface area contributed by atoms with Crippen LogP contribution in [0.5, 0.6) is 5.75 Å². The van der Waals surface area contributed by atoms with Gasteiger partial charge in [-0.3, -0.25) is 14.2 Å². The zero-order chi connectivity index (χ0) is 25.4.